The minimum atomic E-state index is -0.322. The molecule has 14 rings (SSSR count). The van der Waals surface area contributed by atoms with Gasteiger partial charge >= 0.3 is 0 Å². The maximum Gasteiger partial charge on any atom is 0.145 e. The summed E-state index contributed by atoms with van der Waals surface area (Å²) in [6.07, 6.45) is -0.322. The van der Waals surface area contributed by atoms with Crippen LogP contribution in [0.15, 0.2) is 223 Å². The van der Waals surface area contributed by atoms with E-state index in [1.807, 2.05) is 0 Å². The smallest absolute Gasteiger partial charge is 0.145 e. The molecule has 316 valence electrons. The first kappa shape index (κ1) is 37.9. The van der Waals surface area contributed by atoms with Crippen molar-refractivity contribution in [3.63, 3.8) is 0 Å². The fourth-order valence-corrected chi connectivity index (χ4v) is 11.6. The normalized spacial score (nSPS) is 14.9. The molecule has 0 spiro atoms. The number of para-hydroxylation sites is 3. The van der Waals surface area contributed by atoms with Gasteiger partial charge in [-0.1, -0.05) is 178 Å². The maximum atomic E-state index is 5.65. The van der Waals surface area contributed by atoms with Gasteiger partial charge in [0.15, 0.2) is 0 Å². The summed E-state index contributed by atoms with van der Waals surface area (Å²) in [5, 5.41) is 11.3. The molecule has 0 fully saturated rings. The zero-order valence-electron chi connectivity index (χ0n) is 37.2. The van der Waals surface area contributed by atoms with Gasteiger partial charge in [-0.15, -0.1) is 0 Å². The van der Waals surface area contributed by atoms with E-state index in [-0.39, 0.29) is 11.6 Å². The molecule has 1 aliphatic heterocycles. The Balaban J connectivity index is 0.929. The molecule has 0 amide bonds. The van der Waals surface area contributed by atoms with Gasteiger partial charge in [0.25, 0.3) is 0 Å². The summed E-state index contributed by atoms with van der Waals surface area (Å²) >= 11 is 0. The summed E-state index contributed by atoms with van der Waals surface area (Å²) < 4.78 is 4.84. The van der Waals surface area contributed by atoms with Gasteiger partial charge in [-0.3, -0.25) is 4.99 Å². The summed E-state index contributed by atoms with van der Waals surface area (Å²) in [6, 6.07) is 80.1. The van der Waals surface area contributed by atoms with E-state index < -0.39 is 0 Å². The van der Waals surface area contributed by atoms with Gasteiger partial charge in [0.1, 0.15) is 6.17 Å². The Hall–Kier alpha value is -8.47. The van der Waals surface area contributed by atoms with Crippen LogP contribution in [0.5, 0.6) is 0 Å². The standard InChI is InChI=1S/C63H44N4/c1-63(2)53-26-11-8-22-47(53)52-37-41(32-35-54(52)63)60-51-34-30-39-16-6-7-21-46(39)61(51)65-62(64-60)42-17-14-20-44(36-42)67-56-28-13-10-24-50(56)59-45(25-15-29-57(59)67)40-31-33-49-48-23-9-12-27-55(48)66(58(49)38-40)43-18-4-3-5-19-43/h3-38,62,65H,1-2H3. The Morgan fingerprint density at radius 1 is 0.418 bits per heavy atom. The van der Waals surface area contributed by atoms with Crippen LogP contribution in [0.4, 0.5) is 5.69 Å². The quantitative estimate of drug-likeness (QED) is 0.184. The van der Waals surface area contributed by atoms with Crippen molar-refractivity contribution in [1.82, 2.24) is 9.13 Å². The van der Waals surface area contributed by atoms with Crippen LogP contribution >= 0.6 is 0 Å². The van der Waals surface area contributed by atoms with Crippen LogP contribution in [-0.4, -0.2) is 14.8 Å². The van der Waals surface area contributed by atoms with E-state index in [9.17, 15) is 0 Å². The van der Waals surface area contributed by atoms with E-state index in [4.69, 9.17) is 4.99 Å². The second-order valence-electron chi connectivity index (χ2n) is 18.7. The van der Waals surface area contributed by atoms with E-state index in [0.717, 1.165) is 45.0 Å². The van der Waals surface area contributed by atoms with Gasteiger partial charge in [0, 0.05) is 54.8 Å². The van der Waals surface area contributed by atoms with E-state index in [1.54, 1.807) is 0 Å². The lowest BCUT2D eigenvalue weighted by Gasteiger charge is -2.28. The van der Waals surface area contributed by atoms with Crippen molar-refractivity contribution < 1.29 is 0 Å². The van der Waals surface area contributed by atoms with E-state index in [0.29, 0.717) is 0 Å². The topological polar surface area (TPSA) is 34.2 Å². The number of anilines is 1. The number of nitrogens with zero attached hydrogens (tertiary/aromatic N) is 3. The summed E-state index contributed by atoms with van der Waals surface area (Å²) in [7, 11) is 0. The third kappa shape index (κ3) is 5.57. The van der Waals surface area contributed by atoms with E-state index in [1.165, 1.54) is 82.2 Å². The molecule has 3 heterocycles. The molecule has 1 N–H and O–H groups in total. The highest BCUT2D eigenvalue weighted by atomic mass is 15.1. The monoisotopic (exact) mass is 856 g/mol. The highest BCUT2D eigenvalue weighted by molar-refractivity contribution is 6.21. The molecule has 10 aromatic carbocycles. The number of nitrogens with one attached hydrogen (secondary N) is 1. The zero-order valence-corrected chi connectivity index (χ0v) is 37.2. The number of rotatable bonds is 5. The summed E-state index contributed by atoms with van der Waals surface area (Å²) in [5.41, 5.74) is 20.1. The van der Waals surface area contributed by atoms with Crippen LogP contribution in [0, 0.1) is 0 Å². The molecule has 4 heteroatoms. The van der Waals surface area contributed by atoms with Gasteiger partial charge in [0.05, 0.1) is 33.5 Å². The minimum Gasteiger partial charge on any atom is -0.359 e. The molecule has 1 atom stereocenters. The van der Waals surface area contributed by atoms with Gasteiger partial charge in [0.2, 0.25) is 0 Å². The first-order chi connectivity index (χ1) is 33.0. The second kappa shape index (κ2) is 14.3. The van der Waals surface area contributed by atoms with Gasteiger partial charge in [-0.2, -0.15) is 0 Å². The number of fused-ring (bicyclic) bond motifs is 12. The first-order valence-electron chi connectivity index (χ1n) is 23.3. The zero-order chi connectivity index (χ0) is 44.4. The molecule has 2 aliphatic rings. The number of aromatic nitrogens is 2. The third-order valence-electron chi connectivity index (χ3n) is 14.7. The van der Waals surface area contributed by atoms with Crippen molar-refractivity contribution in [2.75, 3.05) is 5.32 Å². The van der Waals surface area contributed by atoms with Gasteiger partial charge in [-0.05, 0) is 98.9 Å². The lowest BCUT2D eigenvalue weighted by Crippen LogP contribution is -2.21. The highest BCUT2D eigenvalue weighted by Gasteiger charge is 2.36. The van der Waals surface area contributed by atoms with Crippen LogP contribution in [-0.2, 0) is 5.41 Å². The van der Waals surface area contributed by atoms with Crippen LogP contribution in [0.3, 0.4) is 0 Å². The Labute approximate surface area is 388 Å². The van der Waals surface area contributed by atoms with Gasteiger partial charge < -0.3 is 14.5 Å². The molecule has 1 unspecified atom stereocenters. The number of hydrogen-bond acceptors (Lipinski definition) is 2. The van der Waals surface area contributed by atoms with Crippen LogP contribution in [0.25, 0.3) is 88.0 Å². The molecule has 0 saturated carbocycles. The maximum absolute atomic E-state index is 5.65. The molecule has 0 bridgehead atoms. The van der Waals surface area contributed by atoms with Crippen molar-refractivity contribution in [3.8, 4) is 33.6 Å². The van der Waals surface area contributed by atoms with Crippen LogP contribution in [0.1, 0.15) is 47.8 Å². The van der Waals surface area contributed by atoms with Gasteiger partial charge in [-0.25, -0.2) is 0 Å². The average Bonchev–Trinajstić information content (AvgIpc) is 3.99. The molecule has 0 radical (unpaired) electrons. The molecular weight excluding hydrogens is 813 g/mol. The molecule has 67 heavy (non-hydrogen) atoms. The fraction of sp³-hybridized carbons (Fsp3) is 0.0635. The van der Waals surface area contributed by atoms with Crippen molar-refractivity contribution in [1.29, 1.82) is 0 Å². The second-order valence-corrected chi connectivity index (χ2v) is 18.7. The van der Waals surface area contributed by atoms with E-state index >= 15 is 0 Å². The lowest BCUT2D eigenvalue weighted by atomic mass is 9.82. The predicted octanol–water partition coefficient (Wildman–Crippen LogP) is 16.0. The Morgan fingerprint density at radius 2 is 1.06 bits per heavy atom. The van der Waals surface area contributed by atoms with E-state index in [2.05, 4.69) is 247 Å². The Kier molecular flexibility index (Phi) is 8.06. The number of hydrogen-bond donors (Lipinski definition) is 1. The number of aliphatic imine (C=N–C) groups is 1. The molecule has 1 aliphatic carbocycles. The average molecular weight is 857 g/mol. The van der Waals surface area contributed by atoms with Crippen LogP contribution in [0.2, 0.25) is 0 Å². The Bertz CT molecular complexity index is 4050. The summed E-state index contributed by atoms with van der Waals surface area (Å²) in [6.45, 7) is 4.68. The molecule has 0 saturated heterocycles. The number of benzene rings is 10. The largest absolute Gasteiger partial charge is 0.359 e. The lowest BCUT2D eigenvalue weighted by molar-refractivity contribution is 0.660. The van der Waals surface area contributed by atoms with Crippen molar-refractivity contribution >= 4 is 65.8 Å². The summed E-state index contributed by atoms with van der Waals surface area (Å²) in [4.78, 5) is 5.65. The predicted molar refractivity (Wildman–Crippen MR) is 281 cm³/mol. The molecule has 12 aromatic rings. The third-order valence-corrected chi connectivity index (χ3v) is 14.7. The minimum absolute atomic E-state index is 0.0671. The highest BCUT2D eigenvalue weighted by Crippen LogP contribution is 2.50. The molecular formula is C63H44N4. The fourth-order valence-electron chi connectivity index (χ4n) is 11.6. The SMILES string of the molecule is CC1(C)c2ccccc2-c2cc(C3=NC(c4cccc(-n5c6ccccc6c6c(-c7ccc8c9ccccc9n(-c9ccccc9)c8c7)cccc65)c4)Nc4c3ccc3ccccc43)ccc21. The summed E-state index contributed by atoms with van der Waals surface area (Å²) in [5.74, 6) is 0. The van der Waals surface area contributed by atoms with Crippen molar-refractivity contribution in [2.24, 2.45) is 4.99 Å². The molecule has 2 aromatic heterocycles. The van der Waals surface area contributed by atoms with Crippen LogP contribution < -0.4 is 5.32 Å². The van der Waals surface area contributed by atoms with Crippen molar-refractivity contribution in [2.45, 2.75) is 25.4 Å². The van der Waals surface area contributed by atoms with Crippen molar-refractivity contribution in [3.05, 3.63) is 246 Å². The Morgan fingerprint density at radius 3 is 1.94 bits per heavy atom. The first-order valence-corrected chi connectivity index (χ1v) is 23.3. The molecule has 4 nitrogen and oxygen atoms in total.